The van der Waals surface area contributed by atoms with Gasteiger partial charge in [-0.15, -0.1) is 0 Å². The summed E-state index contributed by atoms with van der Waals surface area (Å²) in [6.45, 7) is 4.68. The molecule has 9 heteroatoms. The molecule has 0 aliphatic heterocycles. The number of hydrogen-bond acceptors (Lipinski definition) is 4. The number of aliphatic hydroxyl groups is 1. The molecule has 1 amide bonds. The third-order valence-corrected chi connectivity index (χ3v) is 5.61. The summed E-state index contributed by atoms with van der Waals surface area (Å²) in [5, 5.41) is 12.8. The standard InChI is InChI=1S/C25H24Cl2F2N2O3/c1-15(32)25(28,29)17-6-4-16(5-7-17)12-22(33)31-19-8-10-20(11-9-19)34-24(2,3)23-21(27)13-18(26)14-30-23/h4-11,13-15,32H,12H2,1-3H3,(H,31,33). The second-order valence-corrected chi connectivity index (χ2v) is 9.19. The van der Waals surface area contributed by atoms with E-state index in [0.29, 0.717) is 32.7 Å². The van der Waals surface area contributed by atoms with Crippen LogP contribution >= 0.6 is 23.2 Å². The quantitative estimate of drug-likeness (QED) is 0.371. The van der Waals surface area contributed by atoms with Crippen molar-refractivity contribution >= 4 is 34.8 Å². The number of nitrogens with one attached hydrogen (secondary N) is 1. The normalized spacial score (nSPS) is 12.8. The molecule has 0 bridgehead atoms. The van der Waals surface area contributed by atoms with Crippen molar-refractivity contribution in [3.05, 3.63) is 87.7 Å². The molecular weight excluding hydrogens is 485 g/mol. The van der Waals surface area contributed by atoms with Gasteiger partial charge in [0.25, 0.3) is 5.92 Å². The van der Waals surface area contributed by atoms with E-state index >= 15 is 0 Å². The Bertz CT molecular complexity index is 1150. The molecule has 2 N–H and O–H groups in total. The van der Waals surface area contributed by atoms with Crippen molar-refractivity contribution in [3.63, 3.8) is 0 Å². The van der Waals surface area contributed by atoms with E-state index in [-0.39, 0.29) is 17.9 Å². The summed E-state index contributed by atoms with van der Waals surface area (Å²) in [4.78, 5) is 16.6. The van der Waals surface area contributed by atoms with Crippen LogP contribution in [-0.4, -0.2) is 22.1 Å². The van der Waals surface area contributed by atoms with Crippen LogP contribution < -0.4 is 10.1 Å². The third-order valence-electron chi connectivity index (χ3n) is 5.12. The predicted molar refractivity (Wildman–Crippen MR) is 129 cm³/mol. The topological polar surface area (TPSA) is 71.5 Å². The average molecular weight is 509 g/mol. The first-order chi connectivity index (χ1) is 15.9. The summed E-state index contributed by atoms with van der Waals surface area (Å²) in [6.07, 6.45) is -0.302. The van der Waals surface area contributed by atoms with Crippen LogP contribution in [0.3, 0.4) is 0 Å². The lowest BCUT2D eigenvalue weighted by Gasteiger charge is -2.27. The van der Waals surface area contributed by atoms with E-state index in [4.69, 9.17) is 27.9 Å². The molecule has 3 rings (SSSR count). The first kappa shape index (κ1) is 25.9. The smallest absolute Gasteiger partial charge is 0.298 e. The fourth-order valence-corrected chi connectivity index (χ4v) is 3.89. The lowest BCUT2D eigenvalue weighted by Crippen LogP contribution is -2.27. The number of nitrogens with zero attached hydrogens (tertiary/aromatic N) is 1. The van der Waals surface area contributed by atoms with Gasteiger partial charge in [0.05, 0.1) is 16.5 Å². The van der Waals surface area contributed by atoms with Crippen molar-refractivity contribution in [2.75, 3.05) is 5.32 Å². The second kappa shape index (κ2) is 10.3. The fraction of sp³-hybridized carbons (Fsp3) is 0.280. The summed E-state index contributed by atoms with van der Waals surface area (Å²) >= 11 is 12.2. The molecule has 0 fully saturated rings. The number of carbonyl (C=O) groups excluding carboxylic acids is 1. The predicted octanol–water partition coefficient (Wildman–Crippen LogP) is 6.36. The van der Waals surface area contributed by atoms with E-state index < -0.39 is 17.6 Å². The molecule has 0 aliphatic rings. The zero-order valence-corrected chi connectivity index (χ0v) is 20.3. The Kier molecular flexibility index (Phi) is 7.81. The zero-order valence-electron chi connectivity index (χ0n) is 18.8. The SMILES string of the molecule is CC(O)C(F)(F)c1ccc(CC(=O)Nc2ccc(OC(C)(C)c3ncc(Cl)cc3Cl)cc2)cc1. The number of pyridine rings is 1. The van der Waals surface area contributed by atoms with Gasteiger partial charge in [-0.2, -0.15) is 8.78 Å². The molecule has 1 atom stereocenters. The molecule has 0 spiro atoms. The van der Waals surface area contributed by atoms with E-state index in [1.54, 1.807) is 30.3 Å². The van der Waals surface area contributed by atoms with Crippen molar-refractivity contribution in [2.24, 2.45) is 0 Å². The van der Waals surface area contributed by atoms with Gasteiger partial charge in [0.15, 0.2) is 0 Å². The summed E-state index contributed by atoms with van der Waals surface area (Å²) in [6, 6.07) is 13.7. The Morgan fingerprint density at radius 1 is 1.12 bits per heavy atom. The minimum Gasteiger partial charge on any atom is -0.481 e. The van der Waals surface area contributed by atoms with E-state index in [2.05, 4.69) is 10.3 Å². The van der Waals surface area contributed by atoms with Crippen molar-refractivity contribution in [3.8, 4) is 5.75 Å². The van der Waals surface area contributed by atoms with Gasteiger partial charge in [-0.1, -0.05) is 47.5 Å². The lowest BCUT2D eigenvalue weighted by molar-refractivity contribution is -0.115. The zero-order chi connectivity index (χ0) is 25.1. The van der Waals surface area contributed by atoms with Gasteiger partial charge in [-0.25, -0.2) is 0 Å². The fourth-order valence-electron chi connectivity index (χ4n) is 3.28. The number of anilines is 1. The highest BCUT2D eigenvalue weighted by molar-refractivity contribution is 6.34. The summed E-state index contributed by atoms with van der Waals surface area (Å²) < 4.78 is 33.8. The van der Waals surface area contributed by atoms with E-state index in [1.165, 1.54) is 30.5 Å². The molecule has 0 radical (unpaired) electrons. The van der Waals surface area contributed by atoms with Crippen LogP contribution in [0.25, 0.3) is 0 Å². The summed E-state index contributed by atoms with van der Waals surface area (Å²) in [7, 11) is 0. The van der Waals surface area contributed by atoms with Crippen LogP contribution in [0.4, 0.5) is 14.5 Å². The number of carbonyl (C=O) groups is 1. The molecule has 3 aromatic rings. The summed E-state index contributed by atoms with van der Waals surface area (Å²) in [5.74, 6) is -3.11. The highest BCUT2D eigenvalue weighted by atomic mass is 35.5. The maximum atomic E-state index is 13.9. The monoisotopic (exact) mass is 508 g/mol. The van der Waals surface area contributed by atoms with Gasteiger partial charge in [0.2, 0.25) is 5.91 Å². The number of aromatic nitrogens is 1. The molecular formula is C25H24Cl2F2N2O3. The Morgan fingerprint density at radius 3 is 2.29 bits per heavy atom. The van der Waals surface area contributed by atoms with Crippen molar-refractivity contribution in [1.82, 2.24) is 4.98 Å². The Labute approximate surface area is 206 Å². The van der Waals surface area contributed by atoms with Crippen LogP contribution in [0.2, 0.25) is 10.0 Å². The molecule has 1 aromatic heterocycles. The van der Waals surface area contributed by atoms with Crippen LogP contribution in [0.15, 0.2) is 60.8 Å². The minimum atomic E-state index is -3.35. The second-order valence-electron chi connectivity index (χ2n) is 8.34. The molecule has 1 unspecified atom stereocenters. The highest BCUT2D eigenvalue weighted by Gasteiger charge is 2.37. The van der Waals surface area contributed by atoms with Crippen molar-refractivity contribution in [2.45, 2.75) is 44.8 Å². The number of benzene rings is 2. The highest BCUT2D eigenvalue weighted by Crippen LogP contribution is 2.33. The molecule has 0 saturated carbocycles. The first-order valence-electron chi connectivity index (χ1n) is 10.4. The number of hydrogen-bond donors (Lipinski definition) is 2. The maximum absolute atomic E-state index is 13.9. The van der Waals surface area contributed by atoms with Crippen molar-refractivity contribution in [1.29, 1.82) is 0 Å². The number of amides is 1. The number of ether oxygens (including phenoxy) is 1. The largest absolute Gasteiger partial charge is 0.481 e. The van der Waals surface area contributed by atoms with Gasteiger partial charge in [0, 0.05) is 17.4 Å². The Morgan fingerprint density at radius 2 is 1.74 bits per heavy atom. The summed E-state index contributed by atoms with van der Waals surface area (Å²) in [5.41, 5.74) is 0.517. The first-order valence-corrected chi connectivity index (χ1v) is 11.2. The van der Waals surface area contributed by atoms with Gasteiger partial charge in [-0.3, -0.25) is 9.78 Å². The number of alkyl halides is 2. The molecule has 0 aliphatic carbocycles. The lowest BCUT2D eigenvalue weighted by atomic mass is 10.0. The number of halogens is 4. The Balaban J connectivity index is 1.60. The van der Waals surface area contributed by atoms with Crippen LogP contribution in [0.1, 0.15) is 37.6 Å². The van der Waals surface area contributed by atoms with Gasteiger partial charge >= 0.3 is 0 Å². The molecule has 2 aromatic carbocycles. The van der Waals surface area contributed by atoms with E-state index in [9.17, 15) is 18.7 Å². The maximum Gasteiger partial charge on any atom is 0.298 e. The van der Waals surface area contributed by atoms with E-state index in [1.807, 2.05) is 13.8 Å². The Hall–Kier alpha value is -2.74. The van der Waals surface area contributed by atoms with Crippen molar-refractivity contribution < 1.29 is 23.4 Å². The molecule has 34 heavy (non-hydrogen) atoms. The molecule has 5 nitrogen and oxygen atoms in total. The molecule has 180 valence electrons. The van der Waals surface area contributed by atoms with Crippen LogP contribution in [0.5, 0.6) is 5.75 Å². The number of aliphatic hydroxyl groups excluding tert-OH is 1. The minimum absolute atomic E-state index is 0.00650. The third kappa shape index (κ3) is 6.23. The average Bonchev–Trinajstić information content (AvgIpc) is 2.75. The van der Waals surface area contributed by atoms with Gasteiger partial charge in [0.1, 0.15) is 23.1 Å². The van der Waals surface area contributed by atoms with Gasteiger partial charge in [-0.05, 0) is 56.7 Å². The van der Waals surface area contributed by atoms with Crippen LogP contribution in [0, 0.1) is 0 Å². The molecule has 0 saturated heterocycles. The van der Waals surface area contributed by atoms with Crippen LogP contribution in [-0.2, 0) is 22.7 Å². The van der Waals surface area contributed by atoms with Gasteiger partial charge < -0.3 is 15.2 Å². The molecule has 1 heterocycles. The van der Waals surface area contributed by atoms with E-state index in [0.717, 1.165) is 6.92 Å². The number of rotatable bonds is 8.